The maximum Gasteiger partial charge on any atom is 0.325 e. The molecule has 5 amide bonds. The highest BCUT2D eigenvalue weighted by Gasteiger charge is 2.52. The lowest BCUT2D eigenvalue weighted by Gasteiger charge is -2.35. The Morgan fingerprint density at radius 3 is 2.25 bits per heavy atom. The molecule has 2 N–H and O–H groups in total. The molecule has 2 saturated heterocycles. The zero-order valence-corrected chi connectivity index (χ0v) is 18.8. The summed E-state index contributed by atoms with van der Waals surface area (Å²) in [4.78, 5) is 55.0. The number of rotatable bonds is 5. The molecule has 1 saturated carbocycles. The Labute approximate surface area is 188 Å². The summed E-state index contributed by atoms with van der Waals surface area (Å²) in [6.45, 7) is 6.02. The smallest absolute Gasteiger partial charge is 0.325 e. The van der Waals surface area contributed by atoms with Gasteiger partial charge in [-0.3, -0.25) is 24.2 Å². The van der Waals surface area contributed by atoms with E-state index in [1.807, 2.05) is 36.9 Å². The molecule has 2 heterocycles. The van der Waals surface area contributed by atoms with Crippen LogP contribution < -0.4 is 10.6 Å². The molecule has 172 valence electrons. The Morgan fingerprint density at radius 2 is 1.62 bits per heavy atom. The highest BCUT2D eigenvalue weighted by atomic mass is 16.2. The molecule has 0 bridgehead atoms. The number of benzene rings is 1. The Morgan fingerprint density at radius 1 is 1.00 bits per heavy atom. The quantitative estimate of drug-likeness (QED) is 0.670. The zero-order valence-electron chi connectivity index (χ0n) is 18.8. The van der Waals surface area contributed by atoms with E-state index in [0.29, 0.717) is 39.0 Å². The van der Waals surface area contributed by atoms with Crippen molar-refractivity contribution in [3.05, 3.63) is 29.3 Å². The molecular formula is C23H31N5O4. The average Bonchev–Trinajstić information content (AvgIpc) is 3.32. The van der Waals surface area contributed by atoms with Crippen molar-refractivity contribution in [2.75, 3.05) is 44.6 Å². The number of para-hydroxylation sites is 1. The van der Waals surface area contributed by atoms with Gasteiger partial charge < -0.3 is 15.5 Å². The van der Waals surface area contributed by atoms with Crippen LogP contribution in [0.3, 0.4) is 0 Å². The molecule has 1 aliphatic carbocycles. The lowest BCUT2D eigenvalue weighted by Crippen LogP contribution is -2.53. The van der Waals surface area contributed by atoms with E-state index >= 15 is 0 Å². The van der Waals surface area contributed by atoms with Gasteiger partial charge in [0.2, 0.25) is 11.8 Å². The first-order valence-corrected chi connectivity index (χ1v) is 11.3. The molecule has 3 aliphatic rings. The third-order valence-electron chi connectivity index (χ3n) is 6.83. The number of piperazine rings is 1. The topological polar surface area (TPSA) is 102 Å². The summed E-state index contributed by atoms with van der Waals surface area (Å²) in [5, 5.41) is 5.80. The molecule has 0 radical (unpaired) electrons. The van der Waals surface area contributed by atoms with Gasteiger partial charge in [-0.2, -0.15) is 0 Å². The number of imide groups is 1. The number of amides is 5. The maximum absolute atomic E-state index is 12.7. The zero-order chi connectivity index (χ0) is 22.9. The second-order valence-corrected chi connectivity index (χ2v) is 9.08. The lowest BCUT2D eigenvalue weighted by atomic mass is 9.98. The van der Waals surface area contributed by atoms with E-state index in [9.17, 15) is 19.2 Å². The van der Waals surface area contributed by atoms with E-state index in [1.165, 1.54) is 0 Å². The molecule has 1 aromatic carbocycles. The second-order valence-electron chi connectivity index (χ2n) is 9.08. The van der Waals surface area contributed by atoms with Gasteiger partial charge in [-0.1, -0.05) is 31.0 Å². The minimum absolute atomic E-state index is 0.0802. The van der Waals surface area contributed by atoms with E-state index < -0.39 is 11.6 Å². The van der Waals surface area contributed by atoms with Crippen LogP contribution >= 0.6 is 0 Å². The Balaban J connectivity index is 1.25. The van der Waals surface area contributed by atoms with Gasteiger partial charge in [0.15, 0.2) is 0 Å². The summed E-state index contributed by atoms with van der Waals surface area (Å²) < 4.78 is 0. The summed E-state index contributed by atoms with van der Waals surface area (Å²) in [5.74, 6) is -0.582. The van der Waals surface area contributed by atoms with Crippen LogP contribution in [0, 0.1) is 13.8 Å². The van der Waals surface area contributed by atoms with Crippen LogP contribution in [-0.2, 0) is 14.4 Å². The molecule has 0 atom stereocenters. The molecule has 1 spiro atoms. The van der Waals surface area contributed by atoms with Crippen LogP contribution in [0.15, 0.2) is 18.2 Å². The van der Waals surface area contributed by atoms with E-state index in [0.717, 1.165) is 34.6 Å². The Hall–Kier alpha value is -2.94. The second kappa shape index (κ2) is 8.90. The van der Waals surface area contributed by atoms with Crippen molar-refractivity contribution in [2.45, 2.75) is 45.1 Å². The number of urea groups is 1. The van der Waals surface area contributed by atoms with Gasteiger partial charge in [-0.25, -0.2) is 4.79 Å². The van der Waals surface area contributed by atoms with Gasteiger partial charge in [0, 0.05) is 31.9 Å². The van der Waals surface area contributed by atoms with Crippen LogP contribution in [0.4, 0.5) is 10.5 Å². The van der Waals surface area contributed by atoms with Crippen molar-refractivity contribution in [3.8, 4) is 0 Å². The first kappa shape index (κ1) is 22.3. The third-order valence-corrected chi connectivity index (χ3v) is 6.83. The van der Waals surface area contributed by atoms with Crippen LogP contribution in [-0.4, -0.2) is 83.3 Å². The number of anilines is 1. The largest absolute Gasteiger partial charge is 0.339 e. The molecular weight excluding hydrogens is 410 g/mol. The summed E-state index contributed by atoms with van der Waals surface area (Å²) in [7, 11) is 0. The van der Waals surface area contributed by atoms with Gasteiger partial charge in [0.1, 0.15) is 12.1 Å². The summed E-state index contributed by atoms with van der Waals surface area (Å²) in [6, 6.07) is 5.43. The summed E-state index contributed by atoms with van der Waals surface area (Å²) in [6.07, 6.45) is 3.11. The summed E-state index contributed by atoms with van der Waals surface area (Å²) in [5.41, 5.74) is 2.10. The molecule has 0 aromatic heterocycles. The van der Waals surface area contributed by atoms with E-state index in [-0.39, 0.29) is 30.8 Å². The number of hydrogen-bond acceptors (Lipinski definition) is 5. The third kappa shape index (κ3) is 4.34. The number of carbonyl (C=O) groups excluding carboxylic acids is 4. The van der Waals surface area contributed by atoms with E-state index in [4.69, 9.17) is 0 Å². The van der Waals surface area contributed by atoms with Gasteiger partial charge in [0.05, 0.1) is 6.54 Å². The van der Waals surface area contributed by atoms with Crippen LogP contribution in [0.2, 0.25) is 0 Å². The van der Waals surface area contributed by atoms with Crippen molar-refractivity contribution in [2.24, 2.45) is 0 Å². The average molecular weight is 442 g/mol. The van der Waals surface area contributed by atoms with Crippen LogP contribution in [0.25, 0.3) is 0 Å². The van der Waals surface area contributed by atoms with Gasteiger partial charge in [-0.15, -0.1) is 0 Å². The Bertz CT molecular complexity index is 912. The number of carbonyl (C=O) groups is 4. The monoisotopic (exact) mass is 441 g/mol. The van der Waals surface area contributed by atoms with Gasteiger partial charge in [-0.05, 0) is 37.8 Å². The minimum Gasteiger partial charge on any atom is -0.339 e. The van der Waals surface area contributed by atoms with Gasteiger partial charge >= 0.3 is 6.03 Å². The van der Waals surface area contributed by atoms with Crippen molar-refractivity contribution in [1.29, 1.82) is 0 Å². The van der Waals surface area contributed by atoms with Crippen molar-refractivity contribution in [3.63, 3.8) is 0 Å². The fourth-order valence-corrected chi connectivity index (χ4v) is 4.92. The molecule has 9 heteroatoms. The summed E-state index contributed by atoms with van der Waals surface area (Å²) >= 11 is 0. The fraction of sp³-hybridized carbons (Fsp3) is 0.565. The van der Waals surface area contributed by atoms with Crippen LogP contribution in [0.5, 0.6) is 0 Å². The number of nitrogens with zero attached hydrogens (tertiary/aromatic N) is 3. The SMILES string of the molecule is Cc1cccc(C)c1NC(=O)CN1CCN(C(=O)CN2C(=O)NC3(CCCC3)C2=O)CC1. The minimum atomic E-state index is -0.793. The molecule has 0 unspecified atom stereocenters. The van der Waals surface area contributed by atoms with Crippen molar-refractivity contribution in [1.82, 2.24) is 20.0 Å². The molecule has 1 aromatic rings. The number of aryl methyl sites for hydroxylation is 2. The molecule has 9 nitrogen and oxygen atoms in total. The van der Waals surface area contributed by atoms with E-state index in [1.54, 1.807) is 4.90 Å². The highest BCUT2D eigenvalue weighted by molar-refractivity contribution is 6.09. The highest BCUT2D eigenvalue weighted by Crippen LogP contribution is 2.35. The van der Waals surface area contributed by atoms with E-state index in [2.05, 4.69) is 10.6 Å². The number of nitrogens with one attached hydrogen (secondary N) is 2. The lowest BCUT2D eigenvalue weighted by molar-refractivity contribution is -0.140. The van der Waals surface area contributed by atoms with Crippen molar-refractivity contribution < 1.29 is 19.2 Å². The standard InChI is InChI=1S/C23H31N5O4/c1-16-6-5-7-17(2)20(16)24-18(29)14-26-10-12-27(13-11-26)19(30)15-28-21(31)23(25-22(28)32)8-3-4-9-23/h5-7H,3-4,8-15H2,1-2H3,(H,24,29)(H,25,32). The maximum atomic E-state index is 12.7. The fourth-order valence-electron chi connectivity index (χ4n) is 4.92. The first-order valence-electron chi connectivity index (χ1n) is 11.3. The Kier molecular flexibility index (Phi) is 6.19. The van der Waals surface area contributed by atoms with Gasteiger partial charge in [0.25, 0.3) is 5.91 Å². The molecule has 3 fully saturated rings. The normalized spacial score (nSPS) is 20.7. The molecule has 32 heavy (non-hydrogen) atoms. The predicted molar refractivity (Wildman–Crippen MR) is 119 cm³/mol. The first-order chi connectivity index (χ1) is 15.3. The predicted octanol–water partition coefficient (Wildman–Crippen LogP) is 1.25. The number of hydrogen-bond donors (Lipinski definition) is 2. The molecule has 2 aliphatic heterocycles. The van der Waals surface area contributed by atoms with Crippen LogP contribution in [0.1, 0.15) is 36.8 Å². The molecule has 4 rings (SSSR count). The van der Waals surface area contributed by atoms with Crippen molar-refractivity contribution >= 4 is 29.4 Å².